The van der Waals surface area contributed by atoms with Crippen molar-refractivity contribution < 1.29 is 14.6 Å². The molecular weight excluding hydrogens is 266 g/mol. The lowest BCUT2D eigenvalue weighted by Gasteiger charge is -2.38. The average Bonchev–Trinajstić information content (AvgIpc) is 2.49. The number of carboxylic acids is 1. The maximum atomic E-state index is 11.0. The van der Waals surface area contributed by atoms with Gasteiger partial charge in [-0.3, -0.25) is 9.69 Å². The fourth-order valence-electron chi connectivity index (χ4n) is 3.57. The predicted molar refractivity (Wildman–Crippen MR) is 80.3 cm³/mol. The fourth-order valence-corrected chi connectivity index (χ4v) is 3.57. The van der Waals surface area contributed by atoms with Gasteiger partial charge in [-0.15, -0.1) is 0 Å². The molecule has 21 heavy (non-hydrogen) atoms. The molecule has 3 rings (SSSR count). The number of carbonyl (C=O) groups is 1. The summed E-state index contributed by atoms with van der Waals surface area (Å²) in [6, 6.07) is 8.63. The Labute approximate surface area is 125 Å². The molecule has 4 nitrogen and oxygen atoms in total. The molecule has 0 aliphatic carbocycles. The summed E-state index contributed by atoms with van der Waals surface area (Å²) in [5.41, 5.74) is 2.66. The van der Waals surface area contributed by atoms with Crippen LogP contribution in [-0.2, 0) is 16.0 Å². The van der Waals surface area contributed by atoms with Gasteiger partial charge in [0.2, 0.25) is 0 Å². The van der Waals surface area contributed by atoms with E-state index in [2.05, 4.69) is 29.2 Å². The number of benzene rings is 1. The van der Waals surface area contributed by atoms with Crippen molar-refractivity contribution >= 4 is 5.97 Å². The average molecular weight is 289 g/mol. The Morgan fingerprint density at radius 2 is 2.19 bits per heavy atom. The second-order valence-corrected chi connectivity index (χ2v) is 6.05. The van der Waals surface area contributed by atoms with E-state index in [4.69, 9.17) is 9.84 Å². The van der Waals surface area contributed by atoms with Gasteiger partial charge in [-0.1, -0.05) is 30.7 Å². The van der Waals surface area contributed by atoms with Gasteiger partial charge in [0.15, 0.2) is 0 Å². The number of hydrogen-bond acceptors (Lipinski definition) is 3. The normalized spacial score (nSPS) is 26.3. The quantitative estimate of drug-likeness (QED) is 0.925. The van der Waals surface area contributed by atoms with Gasteiger partial charge in [-0.25, -0.2) is 0 Å². The van der Waals surface area contributed by atoms with E-state index < -0.39 is 5.97 Å². The van der Waals surface area contributed by atoms with Gasteiger partial charge >= 0.3 is 5.97 Å². The van der Waals surface area contributed by atoms with Crippen LogP contribution in [0.15, 0.2) is 24.3 Å². The van der Waals surface area contributed by atoms with Crippen molar-refractivity contribution in [2.24, 2.45) is 0 Å². The minimum atomic E-state index is -0.697. The number of hydrogen-bond donors (Lipinski definition) is 1. The van der Waals surface area contributed by atoms with E-state index in [1.54, 1.807) is 0 Å². The Balaban J connectivity index is 1.72. The maximum Gasteiger partial charge on any atom is 0.304 e. The number of likely N-dealkylation sites (tertiary alicyclic amines) is 1. The van der Waals surface area contributed by atoms with Crippen LogP contribution in [0.5, 0.6) is 0 Å². The maximum absolute atomic E-state index is 11.0. The minimum Gasteiger partial charge on any atom is -0.481 e. The van der Waals surface area contributed by atoms with Gasteiger partial charge in [-0.2, -0.15) is 0 Å². The van der Waals surface area contributed by atoms with Crippen molar-refractivity contribution in [3.05, 3.63) is 35.4 Å². The Morgan fingerprint density at radius 3 is 3.05 bits per heavy atom. The molecule has 2 heterocycles. The Hall–Kier alpha value is -1.39. The van der Waals surface area contributed by atoms with Crippen molar-refractivity contribution in [1.29, 1.82) is 0 Å². The molecule has 2 aliphatic rings. The lowest BCUT2D eigenvalue weighted by Crippen LogP contribution is -2.43. The van der Waals surface area contributed by atoms with E-state index in [1.165, 1.54) is 11.1 Å². The zero-order valence-electron chi connectivity index (χ0n) is 12.3. The second kappa shape index (κ2) is 6.58. The summed E-state index contributed by atoms with van der Waals surface area (Å²) < 4.78 is 5.97. The molecule has 0 saturated carbocycles. The Kier molecular flexibility index (Phi) is 4.56. The molecular formula is C17H23NO3. The molecule has 2 unspecified atom stereocenters. The highest BCUT2D eigenvalue weighted by Gasteiger charge is 2.29. The van der Waals surface area contributed by atoms with Crippen LogP contribution in [0.4, 0.5) is 0 Å². The van der Waals surface area contributed by atoms with Crippen molar-refractivity contribution in [1.82, 2.24) is 4.90 Å². The molecule has 2 atom stereocenters. The third kappa shape index (κ3) is 3.44. The van der Waals surface area contributed by atoms with Crippen LogP contribution in [0.1, 0.15) is 42.9 Å². The van der Waals surface area contributed by atoms with Gasteiger partial charge < -0.3 is 9.84 Å². The summed E-state index contributed by atoms with van der Waals surface area (Å²) >= 11 is 0. The standard InChI is InChI=1S/C17H23NO3/c19-17(20)11-14-6-3-4-9-18(14)12-16-15-7-2-1-5-13(15)8-10-21-16/h1-2,5,7,14,16H,3-4,6,8-12H2,(H,19,20). The number of ether oxygens (including phenoxy) is 1. The first-order valence-electron chi connectivity index (χ1n) is 7.89. The number of fused-ring (bicyclic) bond motifs is 1. The summed E-state index contributed by atoms with van der Waals surface area (Å²) in [4.78, 5) is 13.4. The Bertz CT molecular complexity index is 503. The molecule has 0 aromatic heterocycles. The molecule has 0 spiro atoms. The summed E-state index contributed by atoms with van der Waals surface area (Å²) in [7, 11) is 0. The third-order valence-corrected chi connectivity index (χ3v) is 4.65. The van der Waals surface area contributed by atoms with Crippen LogP contribution < -0.4 is 0 Å². The van der Waals surface area contributed by atoms with Gasteiger partial charge in [0.05, 0.1) is 19.1 Å². The minimum absolute atomic E-state index is 0.0874. The first-order valence-corrected chi connectivity index (χ1v) is 7.89. The van der Waals surface area contributed by atoms with Gasteiger partial charge in [0.25, 0.3) is 0 Å². The van der Waals surface area contributed by atoms with Crippen molar-refractivity contribution in [3.8, 4) is 0 Å². The number of nitrogens with zero attached hydrogens (tertiary/aromatic N) is 1. The van der Waals surface area contributed by atoms with E-state index in [0.29, 0.717) is 0 Å². The molecule has 0 radical (unpaired) electrons. The smallest absolute Gasteiger partial charge is 0.304 e. The second-order valence-electron chi connectivity index (χ2n) is 6.05. The fraction of sp³-hybridized carbons (Fsp3) is 0.588. The van der Waals surface area contributed by atoms with Crippen LogP contribution in [0.25, 0.3) is 0 Å². The predicted octanol–water partition coefficient (Wildman–Crippen LogP) is 2.63. The molecule has 1 N–H and O–H groups in total. The molecule has 4 heteroatoms. The summed E-state index contributed by atoms with van der Waals surface area (Å²) in [5, 5.41) is 9.09. The number of carboxylic acid groups (broad SMARTS) is 1. The van der Waals surface area contributed by atoms with E-state index in [1.807, 2.05) is 0 Å². The van der Waals surface area contributed by atoms with Crippen LogP contribution >= 0.6 is 0 Å². The van der Waals surface area contributed by atoms with Crippen LogP contribution in [0.3, 0.4) is 0 Å². The third-order valence-electron chi connectivity index (χ3n) is 4.65. The van der Waals surface area contributed by atoms with Crippen LogP contribution in [-0.4, -0.2) is 41.7 Å². The molecule has 1 aromatic rings. The molecule has 0 bridgehead atoms. The molecule has 114 valence electrons. The first kappa shape index (κ1) is 14.5. The highest BCUT2D eigenvalue weighted by Crippen LogP contribution is 2.30. The molecule has 1 saturated heterocycles. The van der Waals surface area contributed by atoms with E-state index in [-0.39, 0.29) is 18.6 Å². The zero-order chi connectivity index (χ0) is 14.7. The van der Waals surface area contributed by atoms with Gasteiger partial charge in [-0.05, 0) is 36.9 Å². The molecule has 2 aliphatic heterocycles. The molecule has 1 aromatic carbocycles. The zero-order valence-corrected chi connectivity index (χ0v) is 12.3. The molecule has 0 amide bonds. The number of aliphatic carboxylic acids is 1. The van der Waals surface area contributed by atoms with Crippen LogP contribution in [0.2, 0.25) is 0 Å². The number of rotatable bonds is 4. The van der Waals surface area contributed by atoms with Gasteiger partial charge in [0.1, 0.15) is 0 Å². The summed E-state index contributed by atoms with van der Waals surface area (Å²) in [6.45, 7) is 2.56. The summed E-state index contributed by atoms with van der Waals surface area (Å²) in [5.74, 6) is -0.697. The lowest BCUT2D eigenvalue weighted by molar-refractivity contribution is -0.139. The van der Waals surface area contributed by atoms with E-state index >= 15 is 0 Å². The summed E-state index contributed by atoms with van der Waals surface area (Å²) in [6.07, 6.45) is 4.59. The molecule has 1 fully saturated rings. The monoisotopic (exact) mass is 289 g/mol. The van der Waals surface area contributed by atoms with E-state index in [9.17, 15) is 4.79 Å². The number of piperidine rings is 1. The van der Waals surface area contributed by atoms with Crippen molar-refractivity contribution in [3.63, 3.8) is 0 Å². The highest BCUT2D eigenvalue weighted by molar-refractivity contribution is 5.67. The first-order chi connectivity index (χ1) is 10.2. The topological polar surface area (TPSA) is 49.8 Å². The van der Waals surface area contributed by atoms with E-state index in [0.717, 1.165) is 45.4 Å². The highest BCUT2D eigenvalue weighted by atomic mass is 16.5. The van der Waals surface area contributed by atoms with Crippen molar-refractivity contribution in [2.75, 3.05) is 19.7 Å². The Morgan fingerprint density at radius 1 is 1.33 bits per heavy atom. The largest absolute Gasteiger partial charge is 0.481 e. The van der Waals surface area contributed by atoms with Gasteiger partial charge in [0, 0.05) is 12.6 Å². The SMILES string of the molecule is O=C(O)CC1CCCCN1CC1OCCc2ccccc21. The van der Waals surface area contributed by atoms with Crippen molar-refractivity contribution in [2.45, 2.75) is 44.2 Å². The van der Waals surface area contributed by atoms with Crippen LogP contribution in [0, 0.1) is 0 Å². The lowest BCUT2D eigenvalue weighted by atomic mass is 9.94.